The van der Waals surface area contributed by atoms with Crippen LogP contribution < -0.4 is 0 Å². The highest BCUT2D eigenvalue weighted by Gasteiger charge is 2.22. The van der Waals surface area contributed by atoms with Gasteiger partial charge in [0.05, 0.1) is 12.0 Å². The Morgan fingerprint density at radius 1 is 1.08 bits per heavy atom. The van der Waals surface area contributed by atoms with E-state index in [1.165, 1.54) is 5.57 Å². The molecule has 2 atom stereocenters. The van der Waals surface area contributed by atoms with Crippen LogP contribution in [0.4, 0.5) is 0 Å². The summed E-state index contributed by atoms with van der Waals surface area (Å²) in [6, 6.07) is 0. The summed E-state index contributed by atoms with van der Waals surface area (Å²) in [6.45, 7) is 14.7. The molecule has 0 spiro atoms. The molecular weight excluding hydrogens is 300 g/mol. The largest absolute Gasteiger partial charge is 0.465 e. The molecule has 0 aromatic rings. The first-order valence-corrected chi connectivity index (χ1v) is 9.36. The SMILES string of the molecule is C/C(=C\CC[C@H](C)CCOC(=O)C(C)(C)C)CC[C@H](C=O)C(C)C. The summed E-state index contributed by atoms with van der Waals surface area (Å²) in [5.74, 6) is 1.01. The normalized spacial score (nSPS) is 15.2. The van der Waals surface area contributed by atoms with Crippen molar-refractivity contribution in [2.24, 2.45) is 23.2 Å². The average molecular weight is 339 g/mol. The van der Waals surface area contributed by atoms with Gasteiger partial charge in [-0.2, -0.15) is 0 Å². The molecule has 0 heterocycles. The topological polar surface area (TPSA) is 43.4 Å². The first-order chi connectivity index (χ1) is 11.1. The van der Waals surface area contributed by atoms with E-state index in [4.69, 9.17) is 4.74 Å². The van der Waals surface area contributed by atoms with Gasteiger partial charge in [-0.3, -0.25) is 4.79 Å². The Morgan fingerprint density at radius 3 is 2.21 bits per heavy atom. The standard InChI is InChI=1S/C21H38O3/c1-16(2)19(15-22)12-11-17(3)9-8-10-18(4)13-14-24-20(23)21(5,6)7/h9,15-16,18-19H,8,10-14H2,1-7H3/b17-9+/t18-,19+/m0/s1. The van der Waals surface area contributed by atoms with Gasteiger partial charge in [-0.25, -0.2) is 0 Å². The van der Waals surface area contributed by atoms with E-state index in [0.29, 0.717) is 18.4 Å². The fourth-order valence-corrected chi connectivity index (χ4v) is 2.38. The second-order valence-electron chi connectivity index (χ2n) is 8.49. The number of hydrogen-bond acceptors (Lipinski definition) is 3. The van der Waals surface area contributed by atoms with E-state index in [9.17, 15) is 9.59 Å². The van der Waals surface area contributed by atoms with Crippen molar-refractivity contribution in [1.29, 1.82) is 0 Å². The highest BCUT2D eigenvalue weighted by Crippen LogP contribution is 2.20. The Kier molecular flexibility index (Phi) is 10.9. The van der Waals surface area contributed by atoms with Crippen molar-refractivity contribution in [2.75, 3.05) is 6.61 Å². The van der Waals surface area contributed by atoms with Crippen LogP contribution in [0, 0.1) is 23.2 Å². The van der Waals surface area contributed by atoms with Gasteiger partial charge in [-0.1, -0.05) is 32.4 Å². The quantitative estimate of drug-likeness (QED) is 0.280. The third kappa shape index (κ3) is 10.6. The van der Waals surface area contributed by atoms with Gasteiger partial charge in [0.25, 0.3) is 0 Å². The zero-order valence-electron chi connectivity index (χ0n) is 16.9. The third-order valence-corrected chi connectivity index (χ3v) is 4.51. The number of carbonyl (C=O) groups excluding carboxylic acids is 2. The van der Waals surface area contributed by atoms with Crippen LogP contribution in [0.2, 0.25) is 0 Å². The Hall–Kier alpha value is -1.12. The number of carbonyl (C=O) groups is 2. The lowest BCUT2D eigenvalue weighted by Crippen LogP contribution is -2.23. The Morgan fingerprint density at radius 2 is 1.71 bits per heavy atom. The van der Waals surface area contributed by atoms with Gasteiger partial charge in [0.2, 0.25) is 0 Å². The zero-order chi connectivity index (χ0) is 18.8. The molecule has 0 saturated heterocycles. The molecule has 0 N–H and O–H groups in total. The second kappa shape index (κ2) is 11.4. The monoisotopic (exact) mass is 338 g/mol. The highest BCUT2D eigenvalue weighted by atomic mass is 16.5. The van der Waals surface area contributed by atoms with E-state index in [1.54, 1.807) is 0 Å². The van der Waals surface area contributed by atoms with E-state index < -0.39 is 5.41 Å². The molecule has 24 heavy (non-hydrogen) atoms. The first-order valence-electron chi connectivity index (χ1n) is 9.36. The molecule has 0 aliphatic carbocycles. The van der Waals surface area contributed by atoms with Crippen molar-refractivity contribution >= 4 is 12.3 Å². The van der Waals surface area contributed by atoms with Crippen molar-refractivity contribution in [3.8, 4) is 0 Å². The molecule has 0 aromatic carbocycles. The van der Waals surface area contributed by atoms with Crippen LogP contribution in [0.15, 0.2) is 11.6 Å². The molecule has 0 fully saturated rings. The highest BCUT2D eigenvalue weighted by molar-refractivity contribution is 5.75. The number of ether oxygens (including phenoxy) is 1. The summed E-state index contributed by atoms with van der Waals surface area (Å²) >= 11 is 0. The maximum atomic E-state index is 11.7. The lowest BCUT2D eigenvalue weighted by Gasteiger charge is -2.18. The summed E-state index contributed by atoms with van der Waals surface area (Å²) in [6.07, 6.45) is 8.40. The molecule has 0 rings (SSSR count). The summed E-state index contributed by atoms with van der Waals surface area (Å²) < 4.78 is 5.32. The van der Waals surface area contributed by atoms with Crippen LogP contribution >= 0.6 is 0 Å². The molecule has 0 bridgehead atoms. The van der Waals surface area contributed by atoms with Gasteiger partial charge in [0.15, 0.2) is 0 Å². The van der Waals surface area contributed by atoms with Gasteiger partial charge in [-0.15, -0.1) is 0 Å². The molecule has 0 amide bonds. The molecule has 140 valence electrons. The molecular formula is C21H38O3. The lowest BCUT2D eigenvalue weighted by molar-refractivity contribution is -0.153. The maximum Gasteiger partial charge on any atom is 0.311 e. The van der Waals surface area contributed by atoms with E-state index >= 15 is 0 Å². The fourth-order valence-electron chi connectivity index (χ4n) is 2.38. The average Bonchev–Trinajstić information content (AvgIpc) is 2.46. The lowest BCUT2D eigenvalue weighted by atomic mass is 9.91. The molecule has 0 unspecified atom stereocenters. The predicted molar refractivity (Wildman–Crippen MR) is 101 cm³/mol. The molecule has 0 aliphatic heterocycles. The van der Waals surface area contributed by atoms with Crippen molar-refractivity contribution in [1.82, 2.24) is 0 Å². The summed E-state index contributed by atoms with van der Waals surface area (Å²) in [4.78, 5) is 22.7. The molecule has 3 nitrogen and oxygen atoms in total. The minimum Gasteiger partial charge on any atom is -0.465 e. The molecule has 0 radical (unpaired) electrons. The Labute approximate surface area is 149 Å². The first kappa shape index (κ1) is 22.9. The van der Waals surface area contributed by atoms with Crippen LogP contribution in [0.1, 0.15) is 80.6 Å². The van der Waals surface area contributed by atoms with Gasteiger partial charge < -0.3 is 9.53 Å². The smallest absolute Gasteiger partial charge is 0.311 e. The number of hydrogen-bond donors (Lipinski definition) is 0. The molecule has 0 aliphatic rings. The van der Waals surface area contributed by atoms with Crippen LogP contribution in [0.3, 0.4) is 0 Å². The predicted octanol–water partition coefficient (Wildman–Crippen LogP) is 5.58. The minimum absolute atomic E-state index is 0.125. The number of allylic oxidation sites excluding steroid dienone is 2. The van der Waals surface area contributed by atoms with E-state index in [0.717, 1.165) is 38.4 Å². The van der Waals surface area contributed by atoms with Crippen molar-refractivity contribution < 1.29 is 14.3 Å². The van der Waals surface area contributed by atoms with Crippen LogP contribution in [-0.2, 0) is 14.3 Å². The van der Waals surface area contributed by atoms with Gasteiger partial charge in [-0.05, 0) is 71.6 Å². The second-order valence-corrected chi connectivity index (χ2v) is 8.49. The van der Waals surface area contributed by atoms with Crippen LogP contribution in [-0.4, -0.2) is 18.9 Å². The van der Waals surface area contributed by atoms with Crippen LogP contribution in [0.5, 0.6) is 0 Å². The van der Waals surface area contributed by atoms with Crippen molar-refractivity contribution in [3.05, 3.63) is 11.6 Å². The summed E-state index contributed by atoms with van der Waals surface area (Å²) in [7, 11) is 0. The summed E-state index contributed by atoms with van der Waals surface area (Å²) in [5.41, 5.74) is 0.951. The van der Waals surface area contributed by atoms with Gasteiger partial charge >= 0.3 is 5.97 Å². The molecule has 3 heteroatoms. The summed E-state index contributed by atoms with van der Waals surface area (Å²) in [5, 5.41) is 0. The third-order valence-electron chi connectivity index (χ3n) is 4.51. The van der Waals surface area contributed by atoms with Gasteiger partial charge in [0.1, 0.15) is 6.29 Å². The van der Waals surface area contributed by atoms with Crippen LogP contribution in [0.25, 0.3) is 0 Å². The molecule has 0 aromatic heterocycles. The number of rotatable bonds is 11. The zero-order valence-corrected chi connectivity index (χ0v) is 16.9. The Bertz CT molecular complexity index is 402. The minimum atomic E-state index is -0.418. The fraction of sp³-hybridized carbons (Fsp3) is 0.810. The molecule has 0 saturated carbocycles. The number of esters is 1. The van der Waals surface area contributed by atoms with E-state index in [2.05, 4.69) is 33.8 Å². The van der Waals surface area contributed by atoms with Crippen molar-refractivity contribution in [3.63, 3.8) is 0 Å². The number of aldehydes is 1. The van der Waals surface area contributed by atoms with E-state index in [1.807, 2.05) is 20.8 Å². The van der Waals surface area contributed by atoms with E-state index in [-0.39, 0.29) is 11.9 Å². The van der Waals surface area contributed by atoms with Gasteiger partial charge in [0, 0.05) is 5.92 Å². The maximum absolute atomic E-state index is 11.7. The van der Waals surface area contributed by atoms with Crippen molar-refractivity contribution in [2.45, 2.75) is 80.6 Å². The Balaban J connectivity index is 3.95.